The van der Waals surface area contributed by atoms with Crippen molar-refractivity contribution in [3.05, 3.63) is 88.0 Å². The van der Waals surface area contributed by atoms with E-state index in [-0.39, 0.29) is 5.43 Å². The molecule has 1 aromatic heterocycles. The summed E-state index contributed by atoms with van der Waals surface area (Å²) in [5, 5.41) is 3.33. The predicted molar refractivity (Wildman–Crippen MR) is 98.3 cm³/mol. The van der Waals surface area contributed by atoms with Crippen LogP contribution in [0.2, 0.25) is 0 Å². The topological polar surface area (TPSA) is 42.2 Å². The van der Waals surface area contributed by atoms with Gasteiger partial charge in [0.1, 0.15) is 11.5 Å². The Morgan fingerprint density at radius 2 is 1.62 bits per heavy atom. The highest BCUT2D eigenvalue weighted by Gasteiger charge is 2.07. The number of hydrogen-bond acceptors (Lipinski definition) is 3. The SMILES string of the molecule is CCc1cc(=O)c(C)c(CNc2ccc(-c3ccccc3)cc2)o1. The second-order valence-corrected chi connectivity index (χ2v) is 5.78. The molecule has 0 amide bonds. The summed E-state index contributed by atoms with van der Waals surface area (Å²) < 4.78 is 5.79. The molecule has 0 saturated heterocycles. The Morgan fingerprint density at radius 1 is 0.958 bits per heavy atom. The fourth-order valence-corrected chi connectivity index (χ4v) is 2.59. The van der Waals surface area contributed by atoms with Crippen LogP contribution in [0.1, 0.15) is 24.0 Å². The molecule has 3 heteroatoms. The van der Waals surface area contributed by atoms with Gasteiger partial charge in [-0.15, -0.1) is 0 Å². The van der Waals surface area contributed by atoms with Gasteiger partial charge in [-0.1, -0.05) is 49.4 Å². The third kappa shape index (κ3) is 3.57. The molecule has 122 valence electrons. The number of hydrogen-bond donors (Lipinski definition) is 1. The van der Waals surface area contributed by atoms with E-state index in [0.717, 1.165) is 11.4 Å². The number of rotatable bonds is 5. The zero-order valence-corrected chi connectivity index (χ0v) is 14.0. The van der Waals surface area contributed by atoms with Gasteiger partial charge in [0.15, 0.2) is 5.43 Å². The van der Waals surface area contributed by atoms with E-state index < -0.39 is 0 Å². The Hall–Kier alpha value is -2.81. The zero-order chi connectivity index (χ0) is 16.9. The van der Waals surface area contributed by atoms with Gasteiger partial charge in [0.05, 0.1) is 6.54 Å². The van der Waals surface area contributed by atoms with Crippen LogP contribution in [0, 0.1) is 6.92 Å². The first-order chi connectivity index (χ1) is 11.7. The van der Waals surface area contributed by atoms with Crippen molar-refractivity contribution in [2.24, 2.45) is 0 Å². The molecule has 24 heavy (non-hydrogen) atoms. The Bertz CT molecular complexity index is 865. The largest absolute Gasteiger partial charge is 0.464 e. The van der Waals surface area contributed by atoms with Gasteiger partial charge >= 0.3 is 0 Å². The first kappa shape index (κ1) is 16.1. The Kier molecular flexibility index (Phi) is 4.80. The molecule has 0 aliphatic heterocycles. The van der Waals surface area contributed by atoms with E-state index in [1.165, 1.54) is 11.1 Å². The minimum atomic E-state index is 0.0364. The molecule has 0 unspecified atom stereocenters. The van der Waals surface area contributed by atoms with Gasteiger partial charge in [-0.2, -0.15) is 0 Å². The molecule has 0 bridgehead atoms. The summed E-state index contributed by atoms with van der Waals surface area (Å²) in [5.74, 6) is 1.42. The van der Waals surface area contributed by atoms with Crippen LogP contribution in [0.3, 0.4) is 0 Å². The number of nitrogens with one attached hydrogen (secondary N) is 1. The first-order valence-electron chi connectivity index (χ1n) is 8.19. The maximum atomic E-state index is 11.9. The molecule has 3 nitrogen and oxygen atoms in total. The summed E-state index contributed by atoms with van der Waals surface area (Å²) in [6.07, 6.45) is 0.717. The smallest absolute Gasteiger partial charge is 0.188 e. The Morgan fingerprint density at radius 3 is 2.29 bits per heavy atom. The molecule has 0 radical (unpaired) electrons. The number of benzene rings is 2. The lowest BCUT2D eigenvalue weighted by Gasteiger charge is -2.10. The molecule has 0 aliphatic carbocycles. The zero-order valence-electron chi connectivity index (χ0n) is 14.0. The first-order valence-corrected chi connectivity index (χ1v) is 8.19. The summed E-state index contributed by atoms with van der Waals surface area (Å²) in [4.78, 5) is 11.9. The monoisotopic (exact) mass is 319 g/mol. The highest BCUT2D eigenvalue weighted by molar-refractivity contribution is 5.65. The fourth-order valence-electron chi connectivity index (χ4n) is 2.59. The van der Waals surface area contributed by atoms with Crippen LogP contribution in [0.15, 0.2) is 69.9 Å². The molecular formula is C21H21NO2. The quantitative estimate of drug-likeness (QED) is 0.735. The van der Waals surface area contributed by atoms with E-state index in [0.29, 0.717) is 24.3 Å². The van der Waals surface area contributed by atoms with Crippen LogP contribution in [0.25, 0.3) is 11.1 Å². The summed E-state index contributed by atoms with van der Waals surface area (Å²) in [7, 11) is 0. The van der Waals surface area contributed by atoms with Crippen molar-refractivity contribution in [1.82, 2.24) is 0 Å². The highest BCUT2D eigenvalue weighted by Crippen LogP contribution is 2.21. The van der Waals surface area contributed by atoms with Gasteiger partial charge in [-0.25, -0.2) is 0 Å². The summed E-state index contributed by atoms with van der Waals surface area (Å²) in [5.41, 5.74) is 4.08. The van der Waals surface area contributed by atoms with Gasteiger partial charge < -0.3 is 9.73 Å². The van der Waals surface area contributed by atoms with Gasteiger partial charge in [0, 0.05) is 23.7 Å². The molecule has 1 N–H and O–H groups in total. The molecule has 2 aromatic carbocycles. The predicted octanol–water partition coefficient (Wildman–Crippen LogP) is 4.79. The van der Waals surface area contributed by atoms with Gasteiger partial charge in [0.25, 0.3) is 0 Å². The van der Waals surface area contributed by atoms with Crippen LogP contribution in [0.5, 0.6) is 0 Å². The summed E-state index contributed by atoms with van der Waals surface area (Å²) >= 11 is 0. The second kappa shape index (κ2) is 7.18. The lowest BCUT2D eigenvalue weighted by atomic mass is 10.1. The van der Waals surface area contributed by atoms with E-state index in [4.69, 9.17) is 4.42 Å². The van der Waals surface area contributed by atoms with Gasteiger partial charge in [0.2, 0.25) is 0 Å². The van der Waals surface area contributed by atoms with E-state index >= 15 is 0 Å². The third-order valence-corrected chi connectivity index (χ3v) is 4.13. The van der Waals surface area contributed by atoms with Crippen molar-refractivity contribution in [3.63, 3.8) is 0 Å². The Balaban J connectivity index is 1.74. The van der Waals surface area contributed by atoms with E-state index in [2.05, 4.69) is 29.6 Å². The van der Waals surface area contributed by atoms with Crippen molar-refractivity contribution >= 4 is 5.69 Å². The molecule has 0 aliphatic rings. The minimum absolute atomic E-state index is 0.0364. The average molecular weight is 319 g/mol. The molecule has 3 aromatic rings. The Labute approximate surface area is 142 Å². The molecule has 1 heterocycles. The van der Waals surface area contributed by atoms with Gasteiger partial charge in [-0.05, 0) is 30.2 Å². The lowest BCUT2D eigenvalue weighted by Crippen LogP contribution is -2.12. The second-order valence-electron chi connectivity index (χ2n) is 5.78. The highest BCUT2D eigenvalue weighted by atomic mass is 16.3. The van der Waals surface area contributed by atoms with Crippen molar-refractivity contribution in [1.29, 1.82) is 0 Å². The molecular weight excluding hydrogens is 298 g/mol. The minimum Gasteiger partial charge on any atom is -0.464 e. The van der Waals surface area contributed by atoms with E-state index in [1.54, 1.807) is 13.0 Å². The average Bonchev–Trinajstić information content (AvgIpc) is 2.64. The van der Waals surface area contributed by atoms with Crippen molar-refractivity contribution < 1.29 is 4.42 Å². The molecule has 3 rings (SSSR count). The van der Waals surface area contributed by atoms with Crippen molar-refractivity contribution in [2.45, 2.75) is 26.8 Å². The van der Waals surface area contributed by atoms with Crippen LogP contribution in [-0.2, 0) is 13.0 Å². The van der Waals surface area contributed by atoms with Crippen LogP contribution in [-0.4, -0.2) is 0 Å². The lowest BCUT2D eigenvalue weighted by molar-refractivity contribution is 0.451. The number of aryl methyl sites for hydroxylation is 1. The van der Waals surface area contributed by atoms with Crippen LogP contribution >= 0.6 is 0 Å². The number of anilines is 1. The molecule has 0 spiro atoms. The molecule has 0 saturated carbocycles. The maximum Gasteiger partial charge on any atom is 0.188 e. The van der Waals surface area contributed by atoms with E-state index in [9.17, 15) is 4.79 Å². The normalized spacial score (nSPS) is 10.6. The standard InChI is InChI=1S/C21H21NO2/c1-3-19-13-20(23)15(2)21(24-19)14-22-18-11-9-17(10-12-18)16-7-5-4-6-8-16/h4-13,22H,3,14H2,1-2H3. The molecule has 0 fully saturated rings. The van der Waals surface area contributed by atoms with Gasteiger partial charge in [-0.3, -0.25) is 4.79 Å². The third-order valence-electron chi connectivity index (χ3n) is 4.13. The molecule has 0 atom stereocenters. The van der Waals surface area contributed by atoms with E-state index in [1.807, 2.05) is 37.3 Å². The van der Waals surface area contributed by atoms with Crippen LogP contribution in [0.4, 0.5) is 5.69 Å². The maximum absolute atomic E-state index is 11.9. The summed E-state index contributed by atoms with van der Waals surface area (Å²) in [6, 6.07) is 20.1. The summed E-state index contributed by atoms with van der Waals surface area (Å²) in [6.45, 7) is 4.29. The van der Waals surface area contributed by atoms with Crippen LogP contribution < -0.4 is 10.7 Å². The fraction of sp³-hybridized carbons (Fsp3) is 0.190. The van der Waals surface area contributed by atoms with Crippen molar-refractivity contribution in [3.8, 4) is 11.1 Å². The van der Waals surface area contributed by atoms with Crippen molar-refractivity contribution in [2.75, 3.05) is 5.32 Å².